The number of halogens is 3. The van der Waals surface area contributed by atoms with Crippen molar-refractivity contribution in [2.24, 2.45) is 0 Å². The predicted molar refractivity (Wildman–Crippen MR) is 66.1 cm³/mol. The van der Waals surface area contributed by atoms with Crippen LogP contribution in [0.15, 0.2) is 24.5 Å². The molecule has 0 saturated heterocycles. The van der Waals surface area contributed by atoms with Crippen LogP contribution in [-0.2, 0) is 0 Å². The van der Waals surface area contributed by atoms with E-state index in [9.17, 15) is 13.6 Å². The van der Waals surface area contributed by atoms with Gasteiger partial charge in [-0.2, -0.15) is 0 Å². The maximum absolute atomic E-state index is 13.5. The summed E-state index contributed by atoms with van der Waals surface area (Å²) < 4.78 is 26.6. The molecule has 0 bridgehead atoms. The Kier molecular flexibility index (Phi) is 3.71. The Balaban J connectivity index is 2.28. The monoisotopic (exact) mass is 283 g/mol. The highest BCUT2D eigenvalue weighted by Gasteiger charge is 2.15. The first-order valence-electron chi connectivity index (χ1n) is 5.22. The number of anilines is 1. The fourth-order valence-corrected chi connectivity index (χ4v) is 1.56. The number of hydrogen-bond acceptors (Lipinski definition) is 3. The Morgan fingerprint density at radius 2 is 2.00 bits per heavy atom. The number of hydrogen-bond donors (Lipinski definition) is 1. The first-order chi connectivity index (χ1) is 8.97. The summed E-state index contributed by atoms with van der Waals surface area (Å²) in [5.74, 6) is -2.33. The van der Waals surface area contributed by atoms with Crippen molar-refractivity contribution >= 4 is 23.3 Å². The van der Waals surface area contributed by atoms with Gasteiger partial charge in [0.25, 0.3) is 5.91 Å². The Labute approximate surface area is 112 Å². The molecule has 0 unspecified atom stereocenters. The van der Waals surface area contributed by atoms with E-state index in [1.807, 2.05) is 0 Å². The van der Waals surface area contributed by atoms with Gasteiger partial charge < -0.3 is 5.32 Å². The maximum atomic E-state index is 13.5. The Bertz CT molecular complexity index is 649. The average Bonchev–Trinajstić information content (AvgIpc) is 2.33. The number of nitrogens with one attached hydrogen (secondary N) is 1. The van der Waals surface area contributed by atoms with Crippen molar-refractivity contribution in [1.82, 2.24) is 9.97 Å². The van der Waals surface area contributed by atoms with Crippen LogP contribution in [0.1, 0.15) is 15.9 Å². The molecule has 0 radical (unpaired) electrons. The van der Waals surface area contributed by atoms with Gasteiger partial charge in [0.2, 0.25) is 0 Å². The molecule has 1 aromatic heterocycles. The number of benzene rings is 1. The van der Waals surface area contributed by atoms with Gasteiger partial charge in [-0.3, -0.25) is 9.78 Å². The molecule has 2 rings (SSSR count). The second-order valence-corrected chi connectivity index (χ2v) is 4.15. The number of carbonyl (C=O) groups is 1. The van der Waals surface area contributed by atoms with Crippen LogP contribution in [0.3, 0.4) is 0 Å². The van der Waals surface area contributed by atoms with Gasteiger partial charge in [-0.25, -0.2) is 13.8 Å². The van der Waals surface area contributed by atoms with Crippen LogP contribution in [0.5, 0.6) is 0 Å². The number of amides is 1. The lowest BCUT2D eigenvalue weighted by Gasteiger charge is -2.06. The van der Waals surface area contributed by atoms with E-state index in [2.05, 4.69) is 15.3 Å². The van der Waals surface area contributed by atoms with E-state index in [1.54, 1.807) is 0 Å². The minimum atomic E-state index is -0.949. The van der Waals surface area contributed by atoms with Crippen LogP contribution in [-0.4, -0.2) is 15.9 Å². The van der Waals surface area contributed by atoms with Crippen LogP contribution in [0.25, 0.3) is 0 Å². The fourth-order valence-electron chi connectivity index (χ4n) is 1.42. The summed E-state index contributed by atoms with van der Waals surface area (Å²) in [6.07, 6.45) is 2.55. The SMILES string of the molecule is Cc1cc(C(=O)Nc2cncc(Cl)n2)c(F)cc1F. The topological polar surface area (TPSA) is 54.9 Å². The molecule has 0 spiro atoms. The van der Waals surface area contributed by atoms with E-state index in [-0.39, 0.29) is 22.1 Å². The third kappa shape index (κ3) is 3.03. The van der Waals surface area contributed by atoms with Crippen molar-refractivity contribution in [3.63, 3.8) is 0 Å². The van der Waals surface area contributed by atoms with Crippen LogP contribution in [0.4, 0.5) is 14.6 Å². The van der Waals surface area contributed by atoms with E-state index in [0.29, 0.717) is 6.07 Å². The van der Waals surface area contributed by atoms with E-state index in [1.165, 1.54) is 19.3 Å². The molecule has 7 heteroatoms. The summed E-state index contributed by atoms with van der Waals surface area (Å²) in [4.78, 5) is 19.3. The van der Waals surface area contributed by atoms with Gasteiger partial charge in [-0.1, -0.05) is 11.6 Å². The van der Waals surface area contributed by atoms with Gasteiger partial charge >= 0.3 is 0 Å². The molecule has 4 nitrogen and oxygen atoms in total. The van der Waals surface area contributed by atoms with Crippen LogP contribution >= 0.6 is 11.6 Å². The smallest absolute Gasteiger partial charge is 0.259 e. The minimum Gasteiger partial charge on any atom is -0.305 e. The second-order valence-electron chi connectivity index (χ2n) is 3.76. The van der Waals surface area contributed by atoms with Crippen molar-refractivity contribution in [2.75, 3.05) is 5.32 Å². The normalized spacial score (nSPS) is 10.3. The average molecular weight is 284 g/mol. The minimum absolute atomic E-state index is 0.0823. The summed E-state index contributed by atoms with van der Waals surface area (Å²) in [5, 5.41) is 2.42. The summed E-state index contributed by atoms with van der Waals surface area (Å²) in [5.41, 5.74) is -0.107. The largest absolute Gasteiger partial charge is 0.305 e. The molecule has 0 aliphatic heterocycles. The summed E-state index contributed by atoms with van der Waals surface area (Å²) in [6.45, 7) is 1.44. The molecule has 0 aliphatic rings. The number of carbonyl (C=O) groups excluding carboxylic acids is 1. The Hall–Kier alpha value is -2.08. The van der Waals surface area contributed by atoms with Crippen LogP contribution < -0.4 is 5.32 Å². The van der Waals surface area contributed by atoms with Gasteiger partial charge in [0, 0.05) is 6.07 Å². The number of rotatable bonds is 2. The van der Waals surface area contributed by atoms with Crippen LogP contribution in [0.2, 0.25) is 5.15 Å². The van der Waals surface area contributed by atoms with Gasteiger partial charge in [-0.05, 0) is 18.6 Å². The van der Waals surface area contributed by atoms with Crippen molar-refractivity contribution in [3.8, 4) is 0 Å². The number of aromatic nitrogens is 2. The molecule has 2 aromatic rings. The van der Waals surface area contributed by atoms with E-state index < -0.39 is 17.5 Å². The highest BCUT2D eigenvalue weighted by Crippen LogP contribution is 2.16. The fraction of sp³-hybridized carbons (Fsp3) is 0.0833. The molecule has 0 fully saturated rings. The summed E-state index contributed by atoms with van der Waals surface area (Å²) in [7, 11) is 0. The quantitative estimate of drug-likeness (QED) is 0.922. The lowest BCUT2D eigenvalue weighted by molar-refractivity contribution is 0.102. The van der Waals surface area contributed by atoms with Gasteiger partial charge in [0.05, 0.1) is 18.0 Å². The summed E-state index contributed by atoms with van der Waals surface area (Å²) >= 11 is 5.60. The molecule has 98 valence electrons. The van der Waals surface area contributed by atoms with Gasteiger partial charge in [0.1, 0.15) is 16.8 Å². The number of aryl methyl sites for hydroxylation is 1. The van der Waals surface area contributed by atoms with Crippen molar-refractivity contribution in [3.05, 3.63) is 52.4 Å². The van der Waals surface area contributed by atoms with Crippen molar-refractivity contribution < 1.29 is 13.6 Å². The standard InChI is InChI=1S/C12H8ClF2N3O/c1-6-2-7(9(15)3-8(6)14)12(19)18-11-5-16-4-10(13)17-11/h2-5H,1H3,(H,17,18,19). The third-order valence-corrected chi connectivity index (χ3v) is 2.52. The molecule has 1 amide bonds. The zero-order chi connectivity index (χ0) is 14.0. The molecule has 0 saturated carbocycles. The lowest BCUT2D eigenvalue weighted by Crippen LogP contribution is -2.15. The molecular weight excluding hydrogens is 276 g/mol. The van der Waals surface area contributed by atoms with E-state index in [0.717, 1.165) is 6.07 Å². The summed E-state index contributed by atoms with van der Waals surface area (Å²) in [6, 6.07) is 1.78. The van der Waals surface area contributed by atoms with Crippen molar-refractivity contribution in [1.29, 1.82) is 0 Å². The molecule has 0 aliphatic carbocycles. The second kappa shape index (κ2) is 5.27. The first-order valence-corrected chi connectivity index (χ1v) is 5.59. The van der Waals surface area contributed by atoms with Crippen LogP contribution in [0, 0.1) is 18.6 Å². The molecule has 1 aromatic carbocycles. The third-order valence-electron chi connectivity index (χ3n) is 2.34. The van der Waals surface area contributed by atoms with Gasteiger partial charge in [-0.15, -0.1) is 0 Å². The van der Waals surface area contributed by atoms with Gasteiger partial charge in [0.15, 0.2) is 5.82 Å². The Morgan fingerprint density at radius 3 is 2.68 bits per heavy atom. The zero-order valence-electron chi connectivity index (χ0n) is 9.75. The molecule has 1 heterocycles. The predicted octanol–water partition coefficient (Wildman–Crippen LogP) is 2.97. The van der Waals surface area contributed by atoms with E-state index >= 15 is 0 Å². The highest BCUT2D eigenvalue weighted by atomic mass is 35.5. The molecular formula is C12H8ClF2N3O. The Morgan fingerprint density at radius 1 is 1.26 bits per heavy atom. The van der Waals surface area contributed by atoms with Crippen molar-refractivity contribution in [2.45, 2.75) is 6.92 Å². The van der Waals surface area contributed by atoms with E-state index in [4.69, 9.17) is 11.6 Å². The highest BCUT2D eigenvalue weighted by molar-refractivity contribution is 6.29. The maximum Gasteiger partial charge on any atom is 0.259 e. The lowest BCUT2D eigenvalue weighted by atomic mass is 10.1. The molecule has 1 N–H and O–H groups in total. The molecule has 0 atom stereocenters. The zero-order valence-corrected chi connectivity index (χ0v) is 10.5. The number of nitrogens with zero attached hydrogens (tertiary/aromatic N) is 2. The first kappa shape index (κ1) is 13.4. The molecule has 19 heavy (non-hydrogen) atoms.